The van der Waals surface area contributed by atoms with E-state index in [1.807, 2.05) is 0 Å². The second-order valence-corrected chi connectivity index (χ2v) is 5.14. The van der Waals surface area contributed by atoms with Crippen molar-refractivity contribution in [2.45, 2.75) is 32.2 Å². The van der Waals surface area contributed by atoms with Crippen LogP contribution in [-0.4, -0.2) is 5.91 Å². The first-order valence-electron chi connectivity index (χ1n) is 6.14. The number of hydrogen-bond donors (Lipinski definition) is 1. The number of carbonyl (C=O) groups is 1. The number of hydrogen-bond acceptors (Lipinski definition) is 1. The first-order chi connectivity index (χ1) is 7.75. The molecule has 16 heavy (non-hydrogen) atoms. The molecule has 0 aliphatic heterocycles. The summed E-state index contributed by atoms with van der Waals surface area (Å²) in [5.41, 5.74) is 2.72. The van der Waals surface area contributed by atoms with Gasteiger partial charge in [-0.15, -0.1) is 0 Å². The van der Waals surface area contributed by atoms with E-state index in [1.54, 1.807) is 0 Å². The largest absolute Gasteiger partial charge is 0.349 e. The van der Waals surface area contributed by atoms with Crippen molar-refractivity contribution < 1.29 is 4.79 Å². The number of nitrogens with one attached hydrogen (secondary N) is 1. The second kappa shape index (κ2) is 3.62. The average Bonchev–Trinajstić information content (AvgIpc) is 3.06. The molecule has 1 saturated carbocycles. The molecule has 2 unspecified atom stereocenters. The molecule has 1 N–H and O–H groups in total. The molecule has 1 aromatic carbocycles. The Morgan fingerprint density at radius 1 is 1.31 bits per heavy atom. The highest BCUT2D eigenvalue weighted by Crippen LogP contribution is 2.37. The Kier molecular flexibility index (Phi) is 2.23. The summed E-state index contributed by atoms with van der Waals surface area (Å²) < 4.78 is 0. The Balaban J connectivity index is 1.81. The van der Waals surface area contributed by atoms with Gasteiger partial charge in [0.2, 0.25) is 5.91 Å². The van der Waals surface area contributed by atoms with E-state index in [4.69, 9.17) is 0 Å². The first-order valence-corrected chi connectivity index (χ1v) is 6.14. The van der Waals surface area contributed by atoms with E-state index in [1.165, 1.54) is 11.1 Å². The van der Waals surface area contributed by atoms with E-state index in [0.717, 1.165) is 19.3 Å². The Bertz CT molecular complexity index is 422. The van der Waals surface area contributed by atoms with Gasteiger partial charge in [0.05, 0.1) is 6.04 Å². The van der Waals surface area contributed by atoms with Gasteiger partial charge in [0.15, 0.2) is 0 Å². The van der Waals surface area contributed by atoms with Gasteiger partial charge in [-0.25, -0.2) is 0 Å². The molecule has 0 radical (unpaired) electrons. The monoisotopic (exact) mass is 215 g/mol. The van der Waals surface area contributed by atoms with Crippen LogP contribution in [0.25, 0.3) is 0 Å². The third-order valence-corrected chi connectivity index (χ3v) is 3.75. The minimum absolute atomic E-state index is 0.240. The van der Waals surface area contributed by atoms with Gasteiger partial charge < -0.3 is 5.32 Å². The normalized spacial score (nSPS) is 27.6. The van der Waals surface area contributed by atoms with Gasteiger partial charge in [-0.05, 0) is 36.3 Å². The molecular weight excluding hydrogens is 198 g/mol. The maximum atomic E-state index is 11.8. The fourth-order valence-corrected chi connectivity index (χ4v) is 2.63. The summed E-state index contributed by atoms with van der Waals surface area (Å²) in [5.74, 6) is 1.09. The minimum atomic E-state index is 0.240. The summed E-state index contributed by atoms with van der Waals surface area (Å²) in [6.45, 7) is 2.22. The zero-order valence-corrected chi connectivity index (χ0v) is 9.57. The highest BCUT2D eigenvalue weighted by atomic mass is 16.2. The molecule has 0 aromatic heterocycles. The SMILES string of the molecule is CC1Cc2ccccc2C1NC(=O)C1CC1. The van der Waals surface area contributed by atoms with Crippen molar-refractivity contribution in [2.75, 3.05) is 0 Å². The van der Waals surface area contributed by atoms with Gasteiger partial charge in [0, 0.05) is 5.92 Å². The predicted molar refractivity (Wildman–Crippen MR) is 62.9 cm³/mol. The van der Waals surface area contributed by atoms with Crippen molar-refractivity contribution in [3.8, 4) is 0 Å². The Morgan fingerprint density at radius 3 is 2.81 bits per heavy atom. The van der Waals surface area contributed by atoms with Crippen molar-refractivity contribution in [3.63, 3.8) is 0 Å². The van der Waals surface area contributed by atoms with Crippen LogP contribution in [0.4, 0.5) is 0 Å². The van der Waals surface area contributed by atoms with Crippen molar-refractivity contribution in [2.24, 2.45) is 11.8 Å². The van der Waals surface area contributed by atoms with E-state index in [0.29, 0.717) is 11.8 Å². The van der Waals surface area contributed by atoms with E-state index in [2.05, 4.69) is 36.5 Å². The number of amides is 1. The van der Waals surface area contributed by atoms with Gasteiger partial charge in [0.1, 0.15) is 0 Å². The topological polar surface area (TPSA) is 29.1 Å². The van der Waals surface area contributed by atoms with Crippen molar-refractivity contribution in [1.82, 2.24) is 5.32 Å². The molecule has 2 heteroatoms. The molecule has 0 saturated heterocycles. The lowest BCUT2D eigenvalue weighted by Gasteiger charge is -2.18. The Labute approximate surface area is 96.1 Å². The summed E-state index contributed by atoms with van der Waals surface area (Å²) >= 11 is 0. The number of fused-ring (bicyclic) bond motifs is 1. The molecule has 84 valence electrons. The van der Waals surface area contributed by atoms with Crippen molar-refractivity contribution in [3.05, 3.63) is 35.4 Å². The van der Waals surface area contributed by atoms with Crippen LogP contribution in [-0.2, 0) is 11.2 Å². The van der Waals surface area contributed by atoms with E-state index in [-0.39, 0.29) is 11.9 Å². The third kappa shape index (κ3) is 1.62. The molecular formula is C14H17NO. The fourth-order valence-electron chi connectivity index (χ4n) is 2.63. The molecule has 1 fully saturated rings. The van der Waals surface area contributed by atoms with Crippen LogP contribution in [0.2, 0.25) is 0 Å². The van der Waals surface area contributed by atoms with Gasteiger partial charge in [0.25, 0.3) is 0 Å². The number of benzene rings is 1. The van der Waals surface area contributed by atoms with Gasteiger partial charge in [-0.2, -0.15) is 0 Å². The Hall–Kier alpha value is -1.31. The molecule has 0 spiro atoms. The minimum Gasteiger partial charge on any atom is -0.349 e. The molecule has 2 aliphatic carbocycles. The van der Waals surface area contributed by atoms with Crippen LogP contribution >= 0.6 is 0 Å². The second-order valence-electron chi connectivity index (χ2n) is 5.14. The molecule has 1 aromatic rings. The molecule has 2 nitrogen and oxygen atoms in total. The molecule has 2 aliphatic rings. The maximum absolute atomic E-state index is 11.8. The third-order valence-electron chi connectivity index (χ3n) is 3.75. The molecule has 0 bridgehead atoms. The van der Waals surface area contributed by atoms with Crippen LogP contribution in [0, 0.1) is 11.8 Å². The number of rotatable bonds is 2. The lowest BCUT2D eigenvalue weighted by Crippen LogP contribution is -2.31. The number of carbonyl (C=O) groups excluding carboxylic acids is 1. The highest BCUT2D eigenvalue weighted by molar-refractivity contribution is 5.81. The molecule has 2 atom stereocenters. The van der Waals surface area contributed by atoms with Crippen LogP contribution in [0.15, 0.2) is 24.3 Å². The van der Waals surface area contributed by atoms with Crippen molar-refractivity contribution in [1.29, 1.82) is 0 Å². The summed E-state index contributed by atoms with van der Waals surface area (Å²) in [4.78, 5) is 11.8. The van der Waals surface area contributed by atoms with Crippen LogP contribution in [0.1, 0.15) is 36.9 Å². The summed E-state index contributed by atoms with van der Waals surface area (Å²) in [6.07, 6.45) is 3.24. The average molecular weight is 215 g/mol. The van der Waals surface area contributed by atoms with Gasteiger partial charge in [-0.3, -0.25) is 4.79 Å². The fraction of sp³-hybridized carbons (Fsp3) is 0.500. The summed E-state index contributed by atoms with van der Waals surface area (Å²) in [7, 11) is 0. The first kappa shape index (κ1) is 9.88. The van der Waals surface area contributed by atoms with Crippen LogP contribution in [0.5, 0.6) is 0 Å². The van der Waals surface area contributed by atoms with E-state index in [9.17, 15) is 4.79 Å². The van der Waals surface area contributed by atoms with Crippen LogP contribution in [0.3, 0.4) is 0 Å². The van der Waals surface area contributed by atoms with E-state index >= 15 is 0 Å². The van der Waals surface area contributed by atoms with E-state index < -0.39 is 0 Å². The van der Waals surface area contributed by atoms with Gasteiger partial charge >= 0.3 is 0 Å². The summed E-state index contributed by atoms with van der Waals surface area (Å²) in [6, 6.07) is 8.71. The van der Waals surface area contributed by atoms with Gasteiger partial charge in [-0.1, -0.05) is 31.2 Å². The zero-order valence-electron chi connectivity index (χ0n) is 9.57. The van der Waals surface area contributed by atoms with Crippen LogP contribution < -0.4 is 5.32 Å². The predicted octanol–water partition coefficient (Wildman–Crippen LogP) is 2.45. The lowest BCUT2D eigenvalue weighted by molar-refractivity contribution is -0.123. The quantitative estimate of drug-likeness (QED) is 0.806. The summed E-state index contributed by atoms with van der Waals surface area (Å²) in [5, 5.41) is 3.21. The van der Waals surface area contributed by atoms with Crippen molar-refractivity contribution >= 4 is 5.91 Å². The smallest absolute Gasteiger partial charge is 0.223 e. The standard InChI is InChI=1S/C14H17NO/c1-9-8-11-4-2-3-5-12(11)13(9)15-14(16)10-6-7-10/h2-5,9-10,13H,6-8H2,1H3,(H,15,16). The molecule has 0 heterocycles. The Morgan fingerprint density at radius 2 is 2.06 bits per heavy atom. The maximum Gasteiger partial charge on any atom is 0.223 e. The lowest BCUT2D eigenvalue weighted by atomic mass is 10.0. The molecule has 3 rings (SSSR count). The zero-order chi connectivity index (χ0) is 11.1. The molecule has 1 amide bonds. The highest BCUT2D eigenvalue weighted by Gasteiger charge is 2.35.